The normalized spacial score (nSPS) is 13.8. The maximum atomic E-state index is 12.8. The quantitative estimate of drug-likeness (QED) is 0.0214. The van der Waals surface area contributed by atoms with Gasteiger partial charge < -0.3 is 18.9 Å². The number of carbonyl (C=O) groups excluding carboxylic acids is 1. The molecular formula is C55H107NO7P+. The Morgan fingerprint density at radius 2 is 0.859 bits per heavy atom. The van der Waals surface area contributed by atoms with E-state index < -0.39 is 13.9 Å². The van der Waals surface area contributed by atoms with Crippen LogP contribution in [0, 0.1) is 0 Å². The highest BCUT2D eigenvalue weighted by atomic mass is 31.2. The third kappa shape index (κ3) is 51.7. The minimum Gasteiger partial charge on any atom is -0.457 e. The second kappa shape index (κ2) is 48.2. The van der Waals surface area contributed by atoms with Gasteiger partial charge in [-0.2, -0.15) is 0 Å². The fourth-order valence-corrected chi connectivity index (χ4v) is 8.48. The highest BCUT2D eigenvalue weighted by Crippen LogP contribution is 2.43. The lowest BCUT2D eigenvalue weighted by Crippen LogP contribution is -2.37. The number of hydrogen-bond acceptors (Lipinski definition) is 6. The molecule has 0 aromatic rings. The summed E-state index contributed by atoms with van der Waals surface area (Å²) < 4.78 is 35.2. The number of ether oxygens (including phenoxy) is 2. The van der Waals surface area contributed by atoms with Crippen molar-refractivity contribution in [1.82, 2.24) is 0 Å². The summed E-state index contributed by atoms with van der Waals surface area (Å²) >= 11 is 0. The van der Waals surface area contributed by atoms with Crippen molar-refractivity contribution in [2.24, 2.45) is 0 Å². The number of unbranched alkanes of at least 4 members (excludes halogenated alkanes) is 31. The maximum absolute atomic E-state index is 12.8. The van der Waals surface area contributed by atoms with E-state index in [-0.39, 0.29) is 25.8 Å². The number of esters is 1. The van der Waals surface area contributed by atoms with Gasteiger partial charge in [0.05, 0.1) is 34.4 Å². The van der Waals surface area contributed by atoms with E-state index in [0.29, 0.717) is 24.1 Å². The lowest BCUT2D eigenvalue weighted by atomic mass is 10.0. The molecular weight excluding hydrogens is 818 g/mol. The number of phosphoric acid groups is 1. The van der Waals surface area contributed by atoms with Gasteiger partial charge in [0.15, 0.2) is 0 Å². The van der Waals surface area contributed by atoms with Crippen LogP contribution >= 0.6 is 7.82 Å². The maximum Gasteiger partial charge on any atom is 0.472 e. The first-order chi connectivity index (χ1) is 31.1. The van der Waals surface area contributed by atoms with E-state index in [1.54, 1.807) is 0 Å². The largest absolute Gasteiger partial charge is 0.472 e. The molecule has 378 valence electrons. The van der Waals surface area contributed by atoms with E-state index in [4.69, 9.17) is 18.5 Å². The highest BCUT2D eigenvalue weighted by Gasteiger charge is 2.26. The molecule has 2 atom stereocenters. The standard InChI is InChI=1S/C55H106NO7P/c1-6-8-10-12-14-16-18-20-22-24-26-27-28-29-31-33-35-37-39-41-43-45-47-50-60-52-54(53-62-64(58,59)61-51-49-56(3,4)5)63-55(57)48-46-44-42-40-38-36-34-32-30-25-23-21-19-17-15-13-11-9-7-2/h15,17,21,23,30,32,54H,6-14,16,18-20,22,24-29,31,33-53H2,1-5H3/p+1/b17-15-,23-21-,32-30-. The molecule has 0 aromatic heterocycles. The summed E-state index contributed by atoms with van der Waals surface area (Å²) in [5, 5.41) is 0. The molecule has 0 radical (unpaired) electrons. The van der Waals surface area contributed by atoms with Crippen molar-refractivity contribution in [3.8, 4) is 0 Å². The predicted octanol–water partition coefficient (Wildman–Crippen LogP) is 16.9. The van der Waals surface area contributed by atoms with Crippen LogP contribution in [0.25, 0.3) is 0 Å². The summed E-state index contributed by atoms with van der Waals surface area (Å²) in [5.74, 6) is -0.322. The van der Waals surface area contributed by atoms with E-state index in [2.05, 4.69) is 50.3 Å². The second-order valence-electron chi connectivity index (χ2n) is 19.6. The van der Waals surface area contributed by atoms with Gasteiger partial charge in [0.2, 0.25) is 0 Å². The van der Waals surface area contributed by atoms with Crippen LogP contribution in [0.3, 0.4) is 0 Å². The number of quaternary nitrogens is 1. The van der Waals surface area contributed by atoms with Gasteiger partial charge in [0, 0.05) is 13.0 Å². The smallest absolute Gasteiger partial charge is 0.457 e. The Bertz CT molecular complexity index is 1120. The van der Waals surface area contributed by atoms with Gasteiger partial charge in [-0.05, 0) is 51.4 Å². The van der Waals surface area contributed by atoms with E-state index in [1.807, 2.05) is 21.1 Å². The van der Waals surface area contributed by atoms with Crippen LogP contribution in [0.2, 0.25) is 0 Å². The SMILES string of the molecule is CCCCC/C=C\C/C=C\C/C=C\CCCCCCCCC(=O)OC(COCCCCCCCCCCCCCCCCCCCCCCCCC)COP(=O)(O)OCC[N+](C)(C)C. The van der Waals surface area contributed by atoms with Crippen molar-refractivity contribution < 1.29 is 37.3 Å². The number of phosphoric ester groups is 1. The minimum absolute atomic E-state index is 0.0869. The van der Waals surface area contributed by atoms with Crippen LogP contribution < -0.4 is 0 Å². The van der Waals surface area contributed by atoms with Crippen molar-refractivity contribution >= 4 is 13.8 Å². The molecule has 0 saturated heterocycles. The molecule has 0 fully saturated rings. The molecule has 0 aliphatic heterocycles. The summed E-state index contributed by atoms with van der Waals surface area (Å²) in [6.45, 7) is 5.63. The van der Waals surface area contributed by atoms with Gasteiger partial charge in [0.25, 0.3) is 0 Å². The zero-order valence-corrected chi connectivity index (χ0v) is 43.9. The Labute approximate surface area is 397 Å². The summed E-state index contributed by atoms with van der Waals surface area (Å²) in [4.78, 5) is 23.0. The lowest BCUT2D eigenvalue weighted by Gasteiger charge is -2.24. The van der Waals surface area contributed by atoms with Crippen LogP contribution in [-0.4, -0.2) is 75.6 Å². The van der Waals surface area contributed by atoms with E-state index in [0.717, 1.165) is 57.8 Å². The lowest BCUT2D eigenvalue weighted by molar-refractivity contribution is -0.870. The van der Waals surface area contributed by atoms with Gasteiger partial charge >= 0.3 is 13.8 Å². The average Bonchev–Trinajstić information content (AvgIpc) is 3.25. The Morgan fingerprint density at radius 3 is 1.31 bits per heavy atom. The van der Waals surface area contributed by atoms with Crippen LogP contribution in [0.1, 0.15) is 251 Å². The van der Waals surface area contributed by atoms with E-state index in [1.165, 1.54) is 173 Å². The fourth-order valence-electron chi connectivity index (χ4n) is 7.74. The number of nitrogens with zero attached hydrogens (tertiary/aromatic N) is 1. The fraction of sp³-hybridized carbons (Fsp3) is 0.873. The monoisotopic (exact) mass is 925 g/mol. The molecule has 0 heterocycles. The first-order valence-corrected chi connectivity index (χ1v) is 28.7. The first-order valence-electron chi connectivity index (χ1n) is 27.2. The molecule has 64 heavy (non-hydrogen) atoms. The van der Waals surface area contributed by atoms with Crippen LogP contribution in [0.5, 0.6) is 0 Å². The van der Waals surface area contributed by atoms with Crippen LogP contribution in [0.4, 0.5) is 0 Å². The number of hydrogen-bond donors (Lipinski definition) is 1. The van der Waals surface area contributed by atoms with Crippen molar-refractivity contribution in [2.75, 3.05) is 54.1 Å². The van der Waals surface area contributed by atoms with Crippen molar-refractivity contribution in [1.29, 1.82) is 0 Å². The number of likely N-dealkylation sites (N-methyl/N-ethyl adjacent to an activating group) is 1. The molecule has 0 spiro atoms. The predicted molar refractivity (Wildman–Crippen MR) is 275 cm³/mol. The zero-order chi connectivity index (χ0) is 46.9. The van der Waals surface area contributed by atoms with E-state index in [9.17, 15) is 14.3 Å². The molecule has 0 aromatic carbocycles. The molecule has 1 N–H and O–H groups in total. The Hall–Kier alpha value is -1.28. The molecule has 9 heteroatoms. The van der Waals surface area contributed by atoms with Crippen LogP contribution in [0.15, 0.2) is 36.5 Å². The summed E-state index contributed by atoms with van der Waals surface area (Å²) in [6.07, 6.45) is 59.1. The van der Waals surface area contributed by atoms with Gasteiger partial charge in [-0.25, -0.2) is 4.57 Å². The Balaban J connectivity index is 4.10. The highest BCUT2D eigenvalue weighted by molar-refractivity contribution is 7.47. The molecule has 0 saturated carbocycles. The summed E-state index contributed by atoms with van der Waals surface area (Å²) in [6, 6.07) is 0. The molecule has 0 aliphatic rings. The number of carbonyl (C=O) groups is 1. The summed E-state index contributed by atoms with van der Waals surface area (Å²) in [7, 11) is 1.67. The molecule has 8 nitrogen and oxygen atoms in total. The van der Waals surface area contributed by atoms with Gasteiger partial charge in [0.1, 0.15) is 19.3 Å². The Morgan fingerprint density at radius 1 is 0.484 bits per heavy atom. The molecule has 0 bridgehead atoms. The third-order valence-electron chi connectivity index (χ3n) is 12.0. The van der Waals surface area contributed by atoms with Crippen molar-refractivity contribution in [3.63, 3.8) is 0 Å². The second-order valence-corrected chi connectivity index (χ2v) is 21.1. The molecule has 0 rings (SSSR count). The number of rotatable bonds is 51. The molecule has 0 aliphatic carbocycles. The van der Waals surface area contributed by atoms with Gasteiger partial charge in [-0.3, -0.25) is 13.8 Å². The first kappa shape index (κ1) is 62.7. The van der Waals surface area contributed by atoms with Crippen LogP contribution in [-0.2, 0) is 27.9 Å². The minimum atomic E-state index is -4.28. The topological polar surface area (TPSA) is 91.3 Å². The van der Waals surface area contributed by atoms with Gasteiger partial charge in [-0.1, -0.05) is 230 Å². The van der Waals surface area contributed by atoms with Gasteiger partial charge in [-0.15, -0.1) is 0 Å². The number of allylic oxidation sites excluding steroid dienone is 6. The molecule has 2 unspecified atom stereocenters. The van der Waals surface area contributed by atoms with Crippen molar-refractivity contribution in [2.45, 2.75) is 258 Å². The Kier molecular flexibility index (Phi) is 47.2. The summed E-state index contributed by atoms with van der Waals surface area (Å²) in [5.41, 5.74) is 0. The zero-order valence-electron chi connectivity index (χ0n) is 43.0. The van der Waals surface area contributed by atoms with Crippen molar-refractivity contribution in [3.05, 3.63) is 36.5 Å². The van der Waals surface area contributed by atoms with E-state index >= 15 is 0 Å². The molecule has 0 amide bonds. The average molecular weight is 925 g/mol. The third-order valence-corrected chi connectivity index (χ3v) is 12.9.